The van der Waals surface area contributed by atoms with Crippen LogP contribution in [-0.2, 0) is 4.79 Å². The molecule has 2 aromatic rings. The minimum atomic E-state index is -0.0141. The number of benzene rings is 1. The van der Waals surface area contributed by atoms with Gasteiger partial charge in [0.1, 0.15) is 0 Å². The number of para-hydroxylation sites is 1. The number of nitrogens with one attached hydrogen (secondary N) is 1. The minimum absolute atomic E-state index is 0.0141. The molecule has 1 heterocycles. The maximum atomic E-state index is 13.0. The fourth-order valence-corrected chi connectivity index (χ4v) is 4.14. The number of amides is 1. The molecule has 0 bridgehead atoms. The second-order valence-corrected chi connectivity index (χ2v) is 7.63. The third-order valence-corrected chi connectivity index (χ3v) is 5.77. The Hall–Kier alpha value is -1.82. The standard InChI is InChI=1S/C19H25N3O2S/c1-3-13(2)20-17(23)12-25-19-21-16-11-7-6-10-15(16)18(24)22(19)14-8-4-5-9-14/h6-7,10-11,13-14H,3-5,8-9,12H2,1-2H3,(H,20,23)/t13-/m0/s1. The molecule has 1 aliphatic rings. The Morgan fingerprint density at radius 3 is 2.80 bits per heavy atom. The Morgan fingerprint density at radius 1 is 1.36 bits per heavy atom. The summed E-state index contributed by atoms with van der Waals surface area (Å²) in [4.78, 5) is 29.8. The first kappa shape index (κ1) is 18.0. The number of fused-ring (bicyclic) bond motifs is 1. The lowest BCUT2D eigenvalue weighted by molar-refractivity contribution is -0.119. The second kappa shape index (κ2) is 8.04. The summed E-state index contributed by atoms with van der Waals surface area (Å²) >= 11 is 1.36. The molecule has 3 rings (SSSR count). The Labute approximate surface area is 152 Å². The maximum Gasteiger partial charge on any atom is 0.262 e. The highest BCUT2D eigenvalue weighted by atomic mass is 32.2. The zero-order chi connectivity index (χ0) is 17.8. The molecule has 6 heteroatoms. The van der Waals surface area contributed by atoms with Gasteiger partial charge in [0, 0.05) is 12.1 Å². The number of rotatable bonds is 6. The van der Waals surface area contributed by atoms with Gasteiger partial charge in [-0.15, -0.1) is 0 Å². The zero-order valence-corrected chi connectivity index (χ0v) is 15.6. The molecule has 0 saturated heterocycles. The van der Waals surface area contributed by atoms with Crippen molar-refractivity contribution in [3.63, 3.8) is 0 Å². The van der Waals surface area contributed by atoms with E-state index in [1.807, 2.05) is 42.7 Å². The first-order valence-electron chi connectivity index (χ1n) is 9.03. The summed E-state index contributed by atoms with van der Waals surface area (Å²) in [7, 11) is 0. The Bertz CT molecular complexity index is 812. The molecule has 1 fully saturated rings. The van der Waals surface area contributed by atoms with Crippen LogP contribution in [0, 0.1) is 0 Å². The van der Waals surface area contributed by atoms with Crippen molar-refractivity contribution >= 4 is 28.6 Å². The van der Waals surface area contributed by atoms with Crippen molar-refractivity contribution in [2.45, 2.75) is 63.2 Å². The summed E-state index contributed by atoms with van der Waals surface area (Å²) < 4.78 is 1.83. The molecule has 0 aliphatic heterocycles. The van der Waals surface area contributed by atoms with Crippen molar-refractivity contribution < 1.29 is 4.79 Å². The first-order valence-corrected chi connectivity index (χ1v) is 10.0. The van der Waals surface area contributed by atoms with Gasteiger partial charge in [-0.25, -0.2) is 4.98 Å². The smallest absolute Gasteiger partial charge is 0.262 e. The van der Waals surface area contributed by atoms with Gasteiger partial charge in [-0.05, 0) is 38.3 Å². The van der Waals surface area contributed by atoms with E-state index in [2.05, 4.69) is 5.32 Å². The zero-order valence-electron chi connectivity index (χ0n) is 14.8. The van der Waals surface area contributed by atoms with Crippen molar-refractivity contribution in [2.24, 2.45) is 0 Å². The van der Waals surface area contributed by atoms with E-state index < -0.39 is 0 Å². The van der Waals surface area contributed by atoms with E-state index >= 15 is 0 Å². The van der Waals surface area contributed by atoms with E-state index in [1.165, 1.54) is 11.8 Å². The molecule has 0 unspecified atom stereocenters. The molecular weight excluding hydrogens is 334 g/mol. The first-order chi connectivity index (χ1) is 12.1. The molecular formula is C19H25N3O2S. The van der Waals surface area contributed by atoms with Crippen molar-refractivity contribution in [1.82, 2.24) is 14.9 Å². The Morgan fingerprint density at radius 2 is 2.08 bits per heavy atom. The van der Waals surface area contributed by atoms with Crippen molar-refractivity contribution in [3.05, 3.63) is 34.6 Å². The van der Waals surface area contributed by atoms with E-state index in [0.717, 1.165) is 32.1 Å². The summed E-state index contributed by atoms with van der Waals surface area (Å²) in [6.45, 7) is 4.03. The Balaban J connectivity index is 1.91. The molecule has 1 aromatic heterocycles. The van der Waals surface area contributed by atoms with E-state index in [1.54, 1.807) is 0 Å². The number of carbonyl (C=O) groups excluding carboxylic acids is 1. The third kappa shape index (κ3) is 4.06. The van der Waals surface area contributed by atoms with Crippen LogP contribution in [-0.4, -0.2) is 27.3 Å². The molecule has 1 atom stereocenters. The van der Waals surface area contributed by atoms with Gasteiger partial charge < -0.3 is 5.32 Å². The average Bonchev–Trinajstić information content (AvgIpc) is 3.14. The van der Waals surface area contributed by atoms with Crippen LogP contribution in [0.15, 0.2) is 34.2 Å². The topological polar surface area (TPSA) is 64.0 Å². The van der Waals surface area contributed by atoms with Crippen LogP contribution in [0.5, 0.6) is 0 Å². The predicted octanol–water partition coefficient (Wildman–Crippen LogP) is 3.52. The summed E-state index contributed by atoms with van der Waals surface area (Å²) in [6, 6.07) is 7.81. The molecule has 1 N–H and O–H groups in total. The number of hydrogen-bond acceptors (Lipinski definition) is 4. The van der Waals surface area contributed by atoms with Crippen LogP contribution in [0.25, 0.3) is 10.9 Å². The van der Waals surface area contributed by atoms with Crippen LogP contribution in [0.1, 0.15) is 52.0 Å². The number of thioether (sulfide) groups is 1. The van der Waals surface area contributed by atoms with E-state index in [4.69, 9.17) is 4.98 Å². The molecule has 1 saturated carbocycles. The molecule has 1 aromatic carbocycles. The van der Waals surface area contributed by atoms with Crippen LogP contribution in [0.2, 0.25) is 0 Å². The highest BCUT2D eigenvalue weighted by Gasteiger charge is 2.23. The fourth-order valence-electron chi connectivity index (χ4n) is 3.26. The van der Waals surface area contributed by atoms with Crippen LogP contribution in [0.3, 0.4) is 0 Å². The lowest BCUT2D eigenvalue weighted by Gasteiger charge is -2.19. The van der Waals surface area contributed by atoms with Crippen molar-refractivity contribution in [2.75, 3.05) is 5.75 Å². The molecule has 1 aliphatic carbocycles. The molecule has 134 valence electrons. The molecule has 0 spiro atoms. The quantitative estimate of drug-likeness (QED) is 0.633. The van der Waals surface area contributed by atoms with Gasteiger partial charge in [0.05, 0.1) is 16.7 Å². The van der Waals surface area contributed by atoms with Gasteiger partial charge in [-0.1, -0.05) is 43.7 Å². The van der Waals surface area contributed by atoms with Crippen molar-refractivity contribution in [1.29, 1.82) is 0 Å². The number of nitrogens with zero attached hydrogens (tertiary/aromatic N) is 2. The van der Waals surface area contributed by atoms with Crippen molar-refractivity contribution in [3.8, 4) is 0 Å². The molecule has 5 nitrogen and oxygen atoms in total. The van der Waals surface area contributed by atoms with Crippen LogP contribution < -0.4 is 10.9 Å². The van der Waals surface area contributed by atoms with Crippen LogP contribution in [0.4, 0.5) is 0 Å². The molecule has 1 amide bonds. The highest BCUT2D eigenvalue weighted by molar-refractivity contribution is 7.99. The van der Waals surface area contributed by atoms with E-state index in [0.29, 0.717) is 16.1 Å². The Kier molecular flexibility index (Phi) is 5.78. The number of aromatic nitrogens is 2. The minimum Gasteiger partial charge on any atom is -0.353 e. The summed E-state index contributed by atoms with van der Waals surface area (Å²) in [5.74, 6) is 0.265. The maximum absolute atomic E-state index is 13.0. The summed E-state index contributed by atoms with van der Waals surface area (Å²) in [6.07, 6.45) is 5.20. The summed E-state index contributed by atoms with van der Waals surface area (Å²) in [5, 5.41) is 4.28. The third-order valence-electron chi connectivity index (χ3n) is 4.82. The normalized spacial score (nSPS) is 16.2. The van der Waals surface area contributed by atoms with Gasteiger partial charge in [0.15, 0.2) is 5.16 Å². The fraction of sp³-hybridized carbons (Fsp3) is 0.526. The van der Waals surface area contributed by atoms with Gasteiger partial charge in [0.2, 0.25) is 5.91 Å². The lowest BCUT2D eigenvalue weighted by Crippen LogP contribution is -2.33. The van der Waals surface area contributed by atoms with Gasteiger partial charge in [-0.2, -0.15) is 0 Å². The van der Waals surface area contributed by atoms with Gasteiger partial charge in [-0.3, -0.25) is 14.2 Å². The van der Waals surface area contributed by atoms with E-state index in [-0.39, 0.29) is 29.3 Å². The summed E-state index contributed by atoms with van der Waals surface area (Å²) in [5.41, 5.74) is 0.717. The lowest BCUT2D eigenvalue weighted by atomic mass is 10.2. The largest absolute Gasteiger partial charge is 0.353 e. The van der Waals surface area contributed by atoms with Gasteiger partial charge >= 0.3 is 0 Å². The average molecular weight is 359 g/mol. The highest BCUT2D eigenvalue weighted by Crippen LogP contribution is 2.32. The van der Waals surface area contributed by atoms with Gasteiger partial charge in [0.25, 0.3) is 5.56 Å². The number of hydrogen-bond donors (Lipinski definition) is 1. The molecule has 25 heavy (non-hydrogen) atoms. The predicted molar refractivity (Wildman–Crippen MR) is 102 cm³/mol. The van der Waals surface area contributed by atoms with Crippen LogP contribution >= 0.6 is 11.8 Å². The monoisotopic (exact) mass is 359 g/mol. The molecule has 0 radical (unpaired) electrons. The van der Waals surface area contributed by atoms with E-state index in [9.17, 15) is 9.59 Å². The second-order valence-electron chi connectivity index (χ2n) is 6.69. The SMILES string of the molecule is CC[C@H](C)NC(=O)CSc1nc2ccccc2c(=O)n1C1CCCC1. The number of carbonyl (C=O) groups is 1.